The number of fused-ring (bicyclic) bond motifs is 1. The van der Waals surface area contributed by atoms with Crippen LogP contribution in [0.3, 0.4) is 0 Å². The molecule has 1 heterocycles. The summed E-state index contributed by atoms with van der Waals surface area (Å²) in [7, 11) is 0.301. The van der Waals surface area contributed by atoms with Gasteiger partial charge in [0.25, 0.3) is 0 Å². The molecule has 0 amide bonds. The first kappa shape index (κ1) is 16.6. The van der Waals surface area contributed by atoms with Gasteiger partial charge in [-0.1, -0.05) is 12.1 Å². The van der Waals surface area contributed by atoms with Gasteiger partial charge < -0.3 is 14.4 Å². The molecule has 1 N–H and O–H groups in total. The van der Waals surface area contributed by atoms with Crippen LogP contribution in [0.15, 0.2) is 47.4 Å². The summed E-state index contributed by atoms with van der Waals surface area (Å²) < 4.78 is 38.4. The predicted molar refractivity (Wildman–Crippen MR) is 92.2 cm³/mol. The Morgan fingerprint density at radius 1 is 1.00 bits per heavy atom. The van der Waals surface area contributed by atoms with E-state index in [9.17, 15) is 8.42 Å². The highest BCUT2D eigenvalue weighted by Crippen LogP contribution is 2.32. The molecular formula is C17H20N2O4S. The van der Waals surface area contributed by atoms with Gasteiger partial charge >= 0.3 is 0 Å². The van der Waals surface area contributed by atoms with Gasteiger partial charge in [-0.15, -0.1) is 0 Å². The number of nitrogens with zero attached hydrogens (tertiary/aromatic N) is 1. The van der Waals surface area contributed by atoms with Gasteiger partial charge in [-0.05, 0) is 29.8 Å². The first-order valence-corrected chi connectivity index (χ1v) is 9.09. The standard InChI is InChI=1S/C17H20N2O4S/c1-19(2)14-5-3-13(4-6-14)12-18-24(20,21)15-7-8-16-17(11-15)23-10-9-22-16/h3-8,11,18H,9-10,12H2,1-2H3. The van der Waals surface area contributed by atoms with Gasteiger partial charge in [0.1, 0.15) is 13.2 Å². The van der Waals surface area contributed by atoms with Crippen LogP contribution >= 0.6 is 0 Å². The number of benzene rings is 2. The zero-order chi connectivity index (χ0) is 17.2. The summed E-state index contributed by atoms with van der Waals surface area (Å²) in [6.07, 6.45) is 0. The minimum atomic E-state index is -3.61. The van der Waals surface area contributed by atoms with Crippen LogP contribution in [0.5, 0.6) is 11.5 Å². The molecule has 7 heteroatoms. The lowest BCUT2D eigenvalue weighted by atomic mass is 10.2. The zero-order valence-electron chi connectivity index (χ0n) is 13.7. The molecule has 0 atom stereocenters. The molecule has 0 aliphatic carbocycles. The number of nitrogens with one attached hydrogen (secondary N) is 1. The lowest BCUT2D eigenvalue weighted by Gasteiger charge is -2.19. The van der Waals surface area contributed by atoms with Crippen molar-refractivity contribution in [3.8, 4) is 11.5 Å². The third-order valence-corrected chi connectivity index (χ3v) is 5.14. The molecule has 0 spiro atoms. The minimum Gasteiger partial charge on any atom is -0.486 e. The van der Waals surface area contributed by atoms with Crippen LogP contribution < -0.4 is 19.1 Å². The lowest BCUT2D eigenvalue weighted by molar-refractivity contribution is 0.171. The maximum Gasteiger partial charge on any atom is 0.241 e. The third kappa shape index (κ3) is 3.63. The second-order valence-corrected chi connectivity index (χ2v) is 7.46. The topological polar surface area (TPSA) is 67.9 Å². The highest BCUT2D eigenvalue weighted by atomic mass is 32.2. The van der Waals surface area contributed by atoms with E-state index in [1.807, 2.05) is 43.3 Å². The van der Waals surface area contributed by atoms with Crippen LogP contribution in [0.4, 0.5) is 5.69 Å². The molecule has 0 saturated carbocycles. The third-order valence-electron chi connectivity index (χ3n) is 3.74. The van der Waals surface area contributed by atoms with Gasteiger partial charge in [0.15, 0.2) is 11.5 Å². The van der Waals surface area contributed by atoms with Gasteiger partial charge in [0.05, 0.1) is 4.90 Å². The molecule has 2 aromatic rings. The minimum absolute atomic E-state index is 0.164. The Bertz CT molecular complexity index is 817. The number of ether oxygens (including phenoxy) is 2. The van der Waals surface area contributed by atoms with E-state index in [0.717, 1.165) is 11.3 Å². The molecule has 128 valence electrons. The first-order chi connectivity index (χ1) is 11.5. The maximum atomic E-state index is 12.5. The van der Waals surface area contributed by atoms with Crippen molar-refractivity contribution in [2.45, 2.75) is 11.4 Å². The van der Waals surface area contributed by atoms with Crippen molar-refractivity contribution >= 4 is 15.7 Å². The molecule has 3 rings (SSSR count). The van der Waals surface area contributed by atoms with E-state index in [1.165, 1.54) is 12.1 Å². The van der Waals surface area contributed by atoms with Crippen LogP contribution in [0.25, 0.3) is 0 Å². The average Bonchev–Trinajstić information content (AvgIpc) is 2.60. The summed E-state index contributed by atoms with van der Waals surface area (Å²) >= 11 is 0. The molecule has 24 heavy (non-hydrogen) atoms. The fourth-order valence-electron chi connectivity index (χ4n) is 2.36. The van der Waals surface area contributed by atoms with Crippen LogP contribution in [0.2, 0.25) is 0 Å². The fraction of sp³-hybridized carbons (Fsp3) is 0.294. The number of hydrogen-bond donors (Lipinski definition) is 1. The van der Waals surface area contributed by atoms with E-state index < -0.39 is 10.0 Å². The largest absolute Gasteiger partial charge is 0.486 e. The number of hydrogen-bond acceptors (Lipinski definition) is 5. The Balaban J connectivity index is 1.72. The first-order valence-electron chi connectivity index (χ1n) is 7.61. The van der Waals surface area contributed by atoms with E-state index in [4.69, 9.17) is 9.47 Å². The molecule has 0 saturated heterocycles. The van der Waals surface area contributed by atoms with Crippen LogP contribution in [0, 0.1) is 0 Å². The Morgan fingerprint density at radius 3 is 2.33 bits per heavy atom. The fourth-order valence-corrected chi connectivity index (χ4v) is 3.40. The van der Waals surface area contributed by atoms with E-state index in [2.05, 4.69) is 4.72 Å². The summed E-state index contributed by atoms with van der Waals surface area (Å²) in [6.45, 7) is 1.12. The molecule has 0 unspecified atom stereocenters. The molecule has 6 nitrogen and oxygen atoms in total. The Morgan fingerprint density at radius 2 is 1.67 bits per heavy atom. The summed E-state index contributed by atoms with van der Waals surface area (Å²) in [6, 6.07) is 12.3. The van der Waals surface area contributed by atoms with Gasteiger partial charge in [0.2, 0.25) is 10.0 Å². The molecule has 0 aromatic heterocycles. The van der Waals surface area contributed by atoms with Crippen molar-refractivity contribution < 1.29 is 17.9 Å². The van der Waals surface area contributed by atoms with E-state index >= 15 is 0 Å². The molecule has 2 aromatic carbocycles. The van der Waals surface area contributed by atoms with Crippen LogP contribution in [-0.2, 0) is 16.6 Å². The van der Waals surface area contributed by atoms with Crippen LogP contribution in [-0.4, -0.2) is 35.7 Å². The Labute approximate surface area is 142 Å². The van der Waals surface area contributed by atoms with Crippen molar-refractivity contribution in [3.05, 3.63) is 48.0 Å². The van der Waals surface area contributed by atoms with Gasteiger partial charge in [-0.3, -0.25) is 0 Å². The monoisotopic (exact) mass is 348 g/mol. The number of anilines is 1. The molecule has 0 radical (unpaired) electrons. The SMILES string of the molecule is CN(C)c1ccc(CNS(=O)(=O)c2ccc3c(c2)OCCO3)cc1. The smallest absolute Gasteiger partial charge is 0.241 e. The Hall–Kier alpha value is -2.25. The van der Waals surface area contributed by atoms with Gasteiger partial charge in [-0.25, -0.2) is 13.1 Å². The van der Waals surface area contributed by atoms with E-state index in [1.54, 1.807) is 6.07 Å². The summed E-state index contributed by atoms with van der Waals surface area (Å²) in [4.78, 5) is 2.15. The van der Waals surface area contributed by atoms with Crippen LogP contribution in [0.1, 0.15) is 5.56 Å². The van der Waals surface area contributed by atoms with Crippen molar-refractivity contribution in [1.29, 1.82) is 0 Å². The van der Waals surface area contributed by atoms with Gasteiger partial charge in [0, 0.05) is 32.4 Å². The van der Waals surface area contributed by atoms with Crippen molar-refractivity contribution in [2.75, 3.05) is 32.2 Å². The normalized spacial score (nSPS) is 13.6. The van der Waals surface area contributed by atoms with E-state index in [-0.39, 0.29) is 11.4 Å². The highest BCUT2D eigenvalue weighted by Gasteiger charge is 2.19. The lowest BCUT2D eigenvalue weighted by Crippen LogP contribution is -2.24. The number of sulfonamides is 1. The van der Waals surface area contributed by atoms with E-state index in [0.29, 0.717) is 24.7 Å². The molecule has 0 fully saturated rings. The summed E-state index contributed by atoms with van der Waals surface area (Å²) in [5.41, 5.74) is 1.95. The molecule has 1 aliphatic rings. The Kier molecular flexibility index (Phi) is 4.64. The molecular weight excluding hydrogens is 328 g/mol. The molecule has 0 bridgehead atoms. The predicted octanol–water partition coefficient (Wildman–Crippen LogP) is 2.00. The van der Waals surface area contributed by atoms with Gasteiger partial charge in [-0.2, -0.15) is 0 Å². The molecule has 1 aliphatic heterocycles. The summed E-state index contributed by atoms with van der Waals surface area (Å²) in [5, 5.41) is 0. The number of rotatable bonds is 5. The average molecular weight is 348 g/mol. The maximum absolute atomic E-state index is 12.5. The van der Waals surface area contributed by atoms with Crippen molar-refractivity contribution in [3.63, 3.8) is 0 Å². The van der Waals surface area contributed by atoms with Crippen molar-refractivity contribution in [1.82, 2.24) is 4.72 Å². The highest BCUT2D eigenvalue weighted by molar-refractivity contribution is 7.89. The van der Waals surface area contributed by atoms with Crippen molar-refractivity contribution in [2.24, 2.45) is 0 Å². The zero-order valence-corrected chi connectivity index (χ0v) is 14.5. The summed E-state index contributed by atoms with van der Waals surface area (Å²) in [5.74, 6) is 1.03. The second kappa shape index (κ2) is 6.70. The second-order valence-electron chi connectivity index (χ2n) is 5.69. The quantitative estimate of drug-likeness (QED) is 0.895.